The summed E-state index contributed by atoms with van der Waals surface area (Å²) in [6.07, 6.45) is 8.65. The van der Waals surface area contributed by atoms with Crippen LogP contribution < -0.4 is 9.96 Å². The molecule has 1 fully saturated rings. The van der Waals surface area contributed by atoms with Crippen molar-refractivity contribution in [3.05, 3.63) is 53.9 Å². The normalized spacial score (nSPS) is 23.9. The van der Waals surface area contributed by atoms with Gasteiger partial charge in [-0.2, -0.15) is 4.98 Å². The summed E-state index contributed by atoms with van der Waals surface area (Å²) in [7, 11) is 0. The second kappa shape index (κ2) is 6.89. The molecule has 2 aromatic heterocycles. The third-order valence-corrected chi connectivity index (χ3v) is 6.22. The molecule has 0 bridgehead atoms. The Bertz CT molecular complexity index is 1050. The lowest BCUT2D eigenvalue weighted by Crippen LogP contribution is -2.65. The van der Waals surface area contributed by atoms with Crippen molar-refractivity contribution in [3.63, 3.8) is 0 Å². The first kappa shape index (κ1) is 18.2. The number of aromatic nitrogens is 4. The predicted octanol–water partition coefficient (Wildman–Crippen LogP) is 4.03. The molecule has 1 N–H and O–H groups in total. The van der Waals surface area contributed by atoms with E-state index in [4.69, 9.17) is 4.98 Å². The van der Waals surface area contributed by atoms with Crippen molar-refractivity contribution in [2.75, 3.05) is 11.9 Å². The van der Waals surface area contributed by atoms with Crippen LogP contribution in [0.25, 0.3) is 17.3 Å². The summed E-state index contributed by atoms with van der Waals surface area (Å²) < 4.78 is 15.6. The predicted molar refractivity (Wildman–Crippen MR) is 110 cm³/mol. The van der Waals surface area contributed by atoms with Gasteiger partial charge in [-0.1, -0.05) is 19.1 Å². The third kappa shape index (κ3) is 2.74. The van der Waals surface area contributed by atoms with Gasteiger partial charge in [0.05, 0.1) is 24.3 Å². The Balaban J connectivity index is 1.63. The molecule has 0 amide bonds. The average Bonchev–Trinajstić information content (AvgIpc) is 3.16. The second-order valence-corrected chi connectivity index (χ2v) is 7.75. The first-order valence-electron chi connectivity index (χ1n) is 10.1. The van der Waals surface area contributed by atoms with Crippen molar-refractivity contribution in [1.29, 1.82) is 0 Å². The summed E-state index contributed by atoms with van der Waals surface area (Å²) >= 11 is 0. The summed E-state index contributed by atoms with van der Waals surface area (Å²) in [4.78, 5) is 13.5. The smallest absolute Gasteiger partial charge is 0.256 e. The Hall–Kier alpha value is -2.84. The van der Waals surface area contributed by atoms with Crippen molar-refractivity contribution < 1.29 is 4.39 Å². The molecule has 1 saturated carbocycles. The highest BCUT2D eigenvalue weighted by Crippen LogP contribution is 2.44. The van der Waals surface area contributed by atoms with Gasteiger partial charge in [0.25, 0.3) is 5.82 Å². The van der Waals surface area contributed by atoms with E-state index in [0.29, 0.717) is 35.4 Å². The Morgan fingerprint density at radius 1 is 1.28 bits per heavy atom. The van der Waals surface area contributed by atoms with E-state index in [2.05, 4.69) is 22.2 Å². The number of anilines is 1. The van der Waals surface area contributed by atoms with Gasteiger partial charge in [-0.3, -0.25) is 4.57 Å². The Morgan fingerprint density at radius 2 is 2.10 bits per heavy atom. The van der Waals surface area contributed by atoms with Crippen LogP contribution in [0.5, 0.6) is 0 Å². The quantitative estimate of drug-likeness (QED) is 0.534. The molecule has 150 valence electrons. The van der Waals surface area contributed by atoms with Gasteiger partial charge in [-0.05, 0) is 25.0 Å². The molecule has 5 rings (SSSR count). The highest BCUT2D eigenvalue weighted by molar-refractivity contribution is 5.67. The van der Waals surface area contributed by atoms with Crippen molar-refractivity contribution in [3.8, 4) is 17.3 Å². The van der Waals surface area contributed by atoms with Crippen LogP contribution in [0.3, 0.4) is 0 Å². The van der Waals surface area contributed by atoms with Crippen molar-refractivity contribution in [1.82, 2.24) is 24.2 Å². The zero-order valence-corrected chi connectivity index (χ0v) is 16.3. The fraction of sp³-hybridized carbons (Fsp3) is 0.381. The summed E-state index contributed by atoms with van der Waals surface area (Å²) in [5.74, 6) is 0.849. The van der Waals surface area contributed by atoms with Crippen molar-refractivity contribution in [2.24, 2.45) is 0 Å². The highest BCUT2D eigenvalue weighted by Gasteiger charge is 2.46. The average molecular weight is 394 g/mol. The van der Waals surface area contributed by atoms with Crippen molar-refractivity contribution in [2.45, 2.75) is 44.7 Å². The van der Waals surface area contributed by atoms with Crippen LogP contribution in [0, 0.1) is 11.0 Å². The molecule has 29 heavy (non-hydrogen) atoms. The molecule has 1 aromatic carbocycles. The minimum Gasteiger partial charge on any atom is -0.626 e. The van der Waals surface area contributed by atoms with Gasteiger partial charge >= 0.3 is 0 Å². The van der Waals surface area contributed by atoms with Crippen molar-refractivity contribution >= 4 is 11.5 Å². The van der Waals surface area contributed by atoms with Crippen LogP contribution >= 0.6 is 0 Å². The van der Waals surface area contributed by atoms with Gasteiger partial charge in [0.2, 0.25) is 5.95 Å². The molecule has 3 heterocycles. The first-order chi connectivity index (χ1) is 14.1. The first-order valence-corrected chi connectivity index (χ1v) is 10.1. The molecule has 0 spiro atoms. The van der Waals surface area contributed by atoms with E-state index in [0.717, 1.165) is 25.7 Å². The Labute approximate surface area is 168 Å². The standard InChI is InChI=1S/C21H23FN6O/c1-2-14-12-24-18-13-25-21(26-20(18)28(14,29)15-6-5-7-15)27-11-10-23-19(27)16-8-3-4-9-17(16)22/h3-4,8-11,13-15,24H,2,5-7,12H2,1H3. The van der Waals surface area contributed by atoms with Crippen LogP contribution in [0.1, 0.15) is 32.6 Å². The lowest BCUT2D eigenvalue weighted by atomic mass is 9.88. The van der Waals surface area contributed by atoms with Crippen LogP contribution in [0.15, 0.2) is 42.9 Å². The fourth-order valence-corrected chi connectivity index (χ4v) is 4.37. The lowest BCUT2D eigenvalue weighted by Gasteiger charge is -2.57. The zero-order valence-electron chi connectivity index (χ0n) is 16.3. The molecule has 2 atom stereocenters. The maximum absolute atomic E-state index is 14.3. The van der Waals surface area contributed by atoms with E-state index in [-0.39, 0.29) is 17.9 Å². The number of nitrogens with one attached hydrogen (secondary N) is 1. The molecule has 1 aliphatic heterocycles. The van der Waals surface area contributed by atoms with Crippen LogP contribution in [0.2, 0.25) is 0 Å². The number of rotatable bonds is 4. The van der Waals surface area contributed by atoms with Gasteiger partial charge in [0.1, 0.15) is 23.4 Å². The molecule has 3 aromatic rings. The van der Waals surface area contributed by atoms with Gasteiger partial charge in [-0.15, -0.1) is 0 Å². The fourth-order valence-electron chi connectivity index (χ4n) is 4.37. The number of hydrogen-bond donors (Lipinski definition) is 1. The van der Waals surface area contributed by atoms with E-state index >= 15 is 0 Å². The van der Waals surface area contributed by atoms with Gasteiger partial charge in [-0.25, -0.2) is 14.4 Å². The van der Waals surface area contributed by atoms with Gasteiger partial charge in [0.15, 0.2) is 0 Å². The van der Waals surface area contributed by atoms with E-state index in [1.165, 1.54) is 6.07 Å². The number of quaternary nitrogens is 1. The molecule has 8 heteroatoms. The number of benzene rings is 1. The minimum absolute atomic E-state index is 0.0392. The zero-order chi connectivity index (χ0) is 20.0. The molecular weight excluding hydrogens is 371 g/mol. The Morgan fingerprint density at radius 3 is 2.83 bits per heavy atom. The summed E-state index contributed by atoms with van der Waals surface area (Å²) in [5.41, 5.74) is 1.05. The number of fused-ring (bicyclic) bond motifs is 1. The topological polar surface area (TPSA) is 78.7 Å². The minimum atomic E-state index is -0.405. The molecule has 0 saturated heterocycles. The van der Waals surface area contributed by atoms with E-state index in [1.54, 1.807) is 41.4 Å². The largest absolute Gasteiger partial charge is 0.626 e. The van der Waals surface area contributed by atoms with E-state index < -0.39 is 4.65 Å². The number of halogens is 1. The van der Waals surface area contributed by atoms with Crippen LogP contribution in [-0.4, -0.2) is 38.1 Å². The Kier molecular flexibility index (Phi) is 4.33. The molecule has 2 unspecified atom stereocenters. The number of nitrogens with zero attached hydrogens (tertiary/aromatic N) is 5. The van der Waals surface area contributed by atoms with E-state index in [1.807, 2.05) is 0 Å². The number of imidazole rings is 1. The maximum Gasteiger partial charge on any atom is 0.256 e. The van der Waals surface area contributed by atoms with Gasteiger partial charge < -0.3 is 15.2 Å². The third-order valence-electron chi connectivity index (χ3n) is 6.22. The second-order valence-electron chi connectivity index (χ2n) is 7.75. The molecular formula is C21H23FN6O. The maximum atomic E-state index is 14.3. The van der Waals surface area contributed by atoms with Crippen LogP contribution in [0.4, 0.5) is 15.9 Å². The summed E-state index contributed by atoms with van der Waals surface area (Å²) in [6, 6.07) is 6.43. The highest BCUT2D eigenvalue weighted by atomic mass is 19.1. The SMILES string of the molecule is CCC1CNc2cnc(-n3ccnc3-c3ccccc3F)nc2[N+]1([O-])C1CCC1. The monoisotopic (exact) mass is 394 g/mol. The van der Waals surface area contributed by atoms with Crippen LogP contribution in [-0.2, 0) is 0 Å². The number of hydroxylamine groups is 2. The molecule has 0 radical (unpaired) electrons. The summed E-state index contributed by atoms with van der Waals surface area (Å²) in [6.45, 7) is 2.67. The summed E-state index contributed by atoms with van der Waals surface area (Å²) in [5, 5.41) is 17.5. The molecule has 2 aliphatic rings. The molecule has 1 aliphatic carbocycles. The number of hydrogen-bond acceptors (Lipinski definition) is 5. The van der Waals surface area contributed by atoms with E-state index in [9.17, 15) is 9.60 Å². The van der Waals surface area contributed by atoms with Gasteiger partial charge in [0, 0.05) is 25.2 Å². The lowest BCUT2D eigenvalue weighted by molar-refractivity contribution is 0.132. The molecule has 7 nitrogen and oxygen atoms in total.